The molecule has 0 N–H and O–H groups in total. The number of hydrogen-bond acceptors (Lipinski definition) is 1. The van der Waals surface area contributed by atoms with Gasteiger partial charge in [-0.3, -0.25) is 0 Å². The molecule has 1 aliphatic rings. The van der Waals surface area contributed by atoms with Crippen molar-refractivity contribution in [2.75, 3.05) is 13.2 Å². The smallest absolute Gasteiger partial charge is 0.381 e. The molecular weight excluding hydrogens is 297 g/mol. The van der Waals surface area contributed by atoms with Crippen LogP contribution in [0.2, 0.25) is 0 Å². The van der Waals surface area contributed by atoms with E-state index < -0.39 is 11.7 Å². The average Bonchev–Trinajstić information content (AvgIpc) is 2.29. The van der Waals surface area contributed by atoms with Crippen molar-refractivity contribution in [3.63, 3.8) is 0 Å². The van der Waals surface area contributed by atoms with Gasteiger partial charge in [-0.05, 0) is 36.5 Å². The summed E-state index contributed by atoms with van der Waals surface area (Å²) in [5.74, 6) is 0.292. The standard InChI is InChI=1S/C12H12BrF3O/c13-11-7-9(12(14,15)16)1-2-10(11)8-3-5-17-6-4-8/h1-2,7-8H,3-6H2. The fourth-order valence-electron chi connectivity index (χ4n) is 2.04. The lowest BCUT2D eigenvalue weighted by Crippen LogP contribution is -2.15. The molecule has 0 spiro atoms. The monoisotopic (exact) mass is 308 g/mol. The lowest BCUT2D eigenvalue weighted by atomic mass is 9.91. The fourth-order valence-corrected chi connectivity index (χ4v) is 2.75. The maximum atomic E-state index is 12.5. The van der Waals surface area contributed by atoms with Crippen LogP contribution in [0.3, 0.4) is 0 Å². The van der Waals surface area contributed by atoms with E-state index in [4.69, 9.17) is 4.74 Å². The second-order valence-corrected chi connectivity index (χ2v) is 4.98. The number of benzene rings is 1. The van der Waals surface area contributed by atoms with Gasteiger partial charge in [0.25, 0.3) is 0 Å². The zero-order valence-electron chi connectivity index (χ0n) is 9.06. The van der Waals surface area contributed by atoms with Crippen LogP contribution in [0.5, 0.6) is 0 Å². The Hall–Kier alpha value is -0.550. The summed E-state index contributed by atoms with van der Waals surface area (Å²) < 4.78 is 43.3. The van der Waals surface area contributed by atoms with Gasteiger partial charge in [0, 0.05) is 17.7 Å². The average molecular weight is 309 g/mol. The largest absolute Gasteiger partial charge is 0.416 e. The summed E-state index contributed by atoms with van der Waals surface area (Å²) in [6, 6.07) is 3.88. The Morgan fingerprint density at radius 2 is 1.82 bits per heavy atom. The van der Waals surface area contributed by atoms with Crippen LogP contribution in [-0.4, -0.2) is 13.2 Å². The molecule has 0 bridgehead atoms. The van der Waals surface area contributed by atoms with E-state index in [1.807, 2.05) is 0 Å². The van der Waals surface area contributed by atoms with Gasteiger partial charge in [0.05, 0.1) is 5.56 Å². The molecule has 0 aromatic heterocycles. The highest BCUT2D eigenvalue weighted by Crippen LogP contribution is 2.37. The molecule has 1 nitrogen and oxygen atoms in total. The van der Waals surface area contributed by atoms with Crippen molar-refractivity contribution in [2.24, 2.45) is 0 Å². The third-order valence-corrected chi connectivity index (χ3v) is 3.68. The molecule has 94 valence electrons. The first kappa shape index (κ1) is 12.9. The van der Waals surface area contributed by atoms with Crippen LogP contribution in [0.15, 0.2) is 22.7 Å². The van der Waals surface area contributed by atoms with Crippen molar-refractivity contribution >= 4 is 15.9 Å². The topological polar surface area (TPSA) is 9.23 Å². The number of halogens is 4. The van der Waals surface area contributed by atoms with Crippen LogP contribution < -0.4 is 0 Å². The van der Waals surface area contributed by atoms with Gasteiger partial charge in [-0.1, -0.05) is 22.0 Å². The minimum Gasteiger partial charge on any atom is -0.381 e. The van der Waals surface area contributed by atoms with Crippen LogP contribution in [0.4, 0.5) is 13.2 Å². The minimum atomic E-state index is -4.28. The lowest BCUT2D eigenvalue weighted by Gasteiger charge is -2.23. The van der Waals surface area contributed by atoms with Crippen molar-refractivity contribution in [3.05, 3.63) is 33.8 Å². The Labute approximate surface area is 106 Å². The molecular formula is C12H12BrF3O. The molecule has 1 aromatic rings. The molecule has 1 fully saturated rings. The van der Waals surface area contributed by atoms with E-state index in [2.05, 4.69) is 15.9 Å². The van der Waals surface area contributed by atoms with Gasteiger partial charge < -0.3 is 4.74 Å². The highest BCUT2D eigenvalue weighted by Gasteiger charge is 2.31. The third kappa shape index (κ3) is 3.01. The second-order valence-electron chi connectivity index (χ2n) is 4.12. The fraction of sp³-hybridized carbons (Fsp3) is 0.500. The summed E-state index contributed by atoms with van der Waals surface area (Å²) in [6.45, 7) is 1.36. The molecule has 1 heterocycles. The minimum absolute atomic E-state index is 0.292. The lowest BCUT2D eigenvalue weighted by molar-refractivity contribution is -0.137. The SMILES string of the molecule is FC(F)(F)c1ccc(C2CCOCC2)c(Br)c1. The van der Waals surface area contributed by atoms with Crippen molar-refractivity contribution in [1.29, 1.82) is 0 Å². The van der Waals surface area contributed by atoms with E-state index in [9.17, 15) is 13.2 Å². The number of alkyl halides is 3. The summed E-state index contributed by atoms with van der Waals surface area (Å²) in [5, 5.41) is 0. The summed E-state index contributed by atoms with van der Waals surface area (Å²) in [4.78, 5) is 0. The van der Waals surface area contributed by atoms with E-state index in [0.29, 0.717) is 23.6 Å². The quantitative estimate of drug-likeness (QED) is 0.749. The van der Waals surface area contributed by atoms with Gasteiger partial charge in [-0.25, -0.2) is 0 Å². The van der Waals surface area contributed by atoms with E-state index in [1.54, 1.807) is 6.07 Å². The maximum absolute atomic E-state index is 12.5. The normalized spacial score (nSPS) is 18.4. The molecule has 0 aliphatic carbocycles. The predicted octanol–water partition coefficient (Wildman–Crippen LogP) is 4.36. The van der Waals surface area contributed by atoms with Crippen molar-refractivity contribution in [1.82, 2.24) is 0 Å². The second kappa shape index (κ2) is 4.98. The zero-order chi connectivity index (χ0) is 12.5. The van der Waals surface area contributed by atoms with Crippen LogP contribution in [0.1, 0.15) is 29.9 Å². The van der Waals surface area contributed by atoms with Crippen molar-refractivity contribution in [2.45, 2.75) is 24.9 Å². The molecule has 0 saturated carbocycles. The first-order valence-corrected chi connectivity index (χ1v) is 6.22. The van der Waals surface area contributed by atoms with E-state index >= 15 is 0 Å². The highest BCUT2D eigenvalue weighted by molar-refractivity contribution is 9.10. The van der Waals surface area contributed by atoms with Crippen molar-refractivity contribution < 1.29 is 17.9 Å². The molecule has 0 amide bonds. The maximum Gasteiger partial charge on any atom is 0.416 e. The zero-order valence-corrected chi connectivity index (χ0v) is 10.6. The molecule has 1 aromatic carbocycles. The van der Waals surface area contributed by atoms with Gasteiger partial charge in [0.15, 0.2) is 0 Å². The molecule has 0 atom stereocenters. The predicted molar refractivity (Wildman–Crippen MR) is 61.9 cm³/mol. The van der Waals surface area contributed by atoms with Gasteiger partial charge in [-0.2, -0.15) is 13.2 Å². The summed E-state index contributed by atoms with van der Waals surface area (Å²) in [7, 11) is 0. The van der Waals surface area contributed by atoms with Gasteiger partial charge in [0.2, 0.25) is 0 Å². The third-order valence-electron chi connectivity index (χ3n) is 2.99. The highest BCUT2D eigenvalue weighted by atomic mass is 79.9. The van der Waals surface area contributed by atoms with Gasteiger partial charge in [0.1, 0.15) is 0 Å². The Kier molecular flexibility index (Phi) is 3.78. The number of rotatable bonds is 1. The Morgan fingerprint density at radius 1 is 1.18 bits per heavy atom. The molecule has 1 aliphatic heterocycles. The molecule has 17 heavy (non-hydrogen) atoms. The van der Waals surface area contributed by atoms with Crippen molar-refractivity contribution in [3.8, 4) is 0 Å². The van der Waals surface area contributed by atoms with E-state index in [0.717, 1.165) is 30.5 Å². The Morgan fingerprint density at radius 3 is 2.35 bits per heavy atom. The molecule has 5 heteroatoms. The van der Waals surface area contributed by atoms with Gasteiger partial charge in [-0.15, -0.1) is 0 Å². The Bertz CT molecular complexity index is 397. The van der Waals surface area contributed by atoms with E-state index in [-0.39, 0.29) is 0 Å². The summed E-state index contributed by atoms with van der Waals surface area (Å²) >= 11 is 3.23. The van der Waals surface area contributed by atoms with Gasteiger partial charge >= 0.3 is 6.18 Å². The summed E-state index contributed by atoms with van der Waals surface area (Å²) in [5.41, 5.74) is 0.335. The van der Waals surface area contributed by atoms with Crippen LogP contribution in [-0.2, 0) is 10.9 Å². The Balaban J connectivity index is 2.25. The molecule has 2 rings (SSSR count). The van der Waals surface area contributed by atoms with Crippen LogP contribution in [0, 0.1) is 0 Å². The van der Waals surface area contributed by atoms with Crippen LogP contribution in [0.25, 0.3) is 0 Å². The molecule has 1 saturated heterocycles. The number of ether oxygens (including phenoxy) is 1. The first-order valence-electron chi connectivity index (χ1n) is 5.43. The molecule has 0 radical (unpaired) electrons. The molecule has 0 unspecified atom stereocenters. The van der Waals surface area contributed by atoms with E-state index in [1.165, 1.54) is 0 Å². The van der Waals surface area contributed by atoms with Crippen LogP contribution >= 0.6 is 15.9 Å². The first-order chi connectivity index (χ1) is 7.98. The number of hydrogen-bond donors (Lipinski definition) is 0. The summed E-state index contributed by atoms with van der Waals surface area (Å²) in [6.07, 6.45) is -2.55.